The lowest BCUT2D eigenvalue weighted by atomic mass is 9.88. The van der Waals surface area contributed by atoms with Crippen molar-refractivity contribution in [3.05, 3.63) is 260 Å². The second kappa shape index (κ2) is 17.5. The van der Waals surface area contributed by atoms with Gasteiger partial charge in [0.15, 0.2) is 0 Å². The summed E-state index contributed by atoms with van der Waals surface area (Å²) in [4.78, 5) is 4.66. The minimum absolute atomic E-state index is 0.394. The molecule has 0 spiro atoms. The zero-order chi connectivity index (χ0) is 53.4. The van der Waals surface area contributed by atoms with Gasteiger partial charge in [0.2, 0.25) is 5.69 Å². The van der Waals surface area contributed by atoms with Gasteiger partial charge in [0.05, 0.1) is 55.0 Å². The van der Waals surface area contributed by atoms with Crippen LogP contribution >= 0.6 is 22.7 Å². The first-order chi connectivity index (χ1) is 40.1. The molecule has 0 radical (unpaired) electrons. The topological polar surface area (TPSA) is 51.1 Å². The highest BCUT2D eigenvalue weighted by molar-refractivity contribution is 7.27. The standard InChI is InChI=1S/C74H40N4OS2/c1-76-68-65(44-21-7-3-8-22-44)58(42-75)69(78-70-52(36-37-53-51-27-13-17-31-63(51)80-73(53)70)57-41-55(43-19-5-2-6-20-43)67-54-28-14-18-32-64(54)81-74(67)71(57)78)66(45-23-9-4-10-24-45)72(68)77-59-29-15-11-25-48(59)49-35-33-47(40-60(49)77)46-34-38-62-56(39-46)50-26-12-16-30-61(50)79-62/h2-41H. The van der Waals surface area contributed by atoms with Gasteiger partial charge in [-0.05, 0) is 81.9 Å². The van der Waals surface area contributed by atoms with Crippen LogP contribution in [0.5, 0.6) is 0 Å². The van der Waals surface area contributed by atoms with Crippen LogP contribution < -0.4 is 0 Å². The predicted octanol–water partition coefficient (Wildman–Crippen LogP) is 21.6. The Hall–Kier alpha value is -10.5. The van der Waals surface area contributed by atoms with E-state index in [1.165, 1.54) is 25.6 Å². The molecule has 7 heteroatoms. The molecule has 17 rings (SSSR count). The van der Waals surface area contributed by atoms with Gasteiger partial charge in [-0.1, -0.05) is 194 Å². The number of benzene rings is 12. The minimum Gasteiger partial charge on any atom is -0.456 e. The molecule has 0 unspecified atom stereocenters. The molecule has 0 aliphatic heterocycles. The van der Waals surface area contributed by atoms with E-state index in [-0.39, 0.29) is 0 Å². The Kier molecular flexibility index (Phi) is 9.82. The van der Waals surface area contributed by atoms with Crippen LogP contribution in [-0.2, 0) is 0 Å². The van der Waals surface area contributed by atoms with Crippen LogP contribution in [0.25, 0.3) is 167 Å². The lowest BCUT2D eigenvalue weighted by Crippen LogP contribution is -2.09. The van der Waals surface area contributed by atoms with Crippen molar-refractivity contribution in [2.75, 3.05) is 0 Å². The number of furan rings is 1. The fraction of sp³-hybridized carbons (Fsp3) is 0. The van der Waals surface area contributed by atoms with E-state index in [0.717, 1.165) is 125 Å². The van der Waals surface area contributed by atoms with Crippen LogP contribution in [0.4, 0.5) is 5.69 Å². The number of para-hydroxylation sites is 2. The molecular weight excluding hydrogens is 1020 g/mol. The Morgan fingerprint density at radius 2 is 0.951 bits per heavy atom. The first-order valence-corrected chi connectivity index (χ1v) is 28.6. The average Bonchev–Trinajstić information content (AvgIpc) is 4.49. The van der Waals surface area contributed by atoms with E-state index >= 15 is 0 Å². The first kappa shape index (κ1) is 45.5. The molecule has 0 saturated carbocycles. The fourth-order valence-corrected chi connectivity index (χ4v) is 15.6. The van der Waals surface area contributed by atoms with Gasteiger partial charge in [0.1, 0.15) is 17.2 Å². The van der Waals surface area contributed by atoms with Crippen LogP contribution in [0.3, 0.4) is 0 Å². The van der Waals surface area contributed by atoms with Crippen molar-refractivity contribution in [2.24, 2.45) is 0 Å². The third-order valence-corrected chi connectivity index (χ3v) is 18.9. The van der Waals surface area contributed by atoms with Gasteiger partial charge in [-0.2, -0.15) is 5.26 Å². The second-order valence-corrected chi connectivity index (χ2v) is 22.9. The molecule has 0 fully saturated rings. The average molecular weight is 1070 g/mol. The predicted molar refractivity (Wildman–Crippen MR) is 341 cm³/mol. The summed E-state index contributed by atoms with van der Waals surface area (Å²) in [7, 11) is 0. The monoisotopic (exact) mass is 1060 g/mol. The third kappa shape index (κ3) is 6.50. The molecule has 0 saturated heterocycles. The van der Waals surface area contributed by atoms with Gasteiger partial charge < -0.3 is 13.6 Å². The number of rotatable bonds is 6. The molecule has 5 heterocycles. The number of hydrogen-bond donors (Lipinski definition) is 0. The number of nitrogens with zero attached hydrogens (tertiary/aromatic N) is 4. The van der Waals surface area contributed by atoms with Crippen LogP contribution in [0, 0.1) is 17.9 Å². The van der Waals surface area contributed by atoms with Crippen molar-refractivity contribution in [3.63, 3.8) is 0 Å². The maximum atomic E-state index is 12.4. The number of aromatic nitrogens is 2. The summed E-state index contributed by atoms with van der Waals surface area (Å²) in [6.07, 6.45) is 0. The quantitative estimate of drug-likeness (QED) is 0.156. The van der Waals surface area contributed by atoms with E-state index in [1.54, 1.807) is 22.7 Å². The summed E-state index contributed by atoms with van der Waals surface area (Å²) in [6.45, 7) is 9.57. The van der Waals surface area contributed by atoms with Gasteiger partial charge in [0.25, 0.3) is 0 Å². The summed E-state index contributed by atoms with van der Waals surface area (Å²) >= 11 is 3.60. The molecule has 5 aromatic heterocycles. The molecule has 374 valence electrons. The van der Waals surface area contributed by atoms with Gasteiger partial charge in [-0.15, -0.1) is 22.7 Å². The van der Waals surface area contributed by atoms with Crippen LogP contribution in [0.1, 0.15) is 5.56 Å². The second-order valence-electron chi connectivity index (χ2n) is 20.8. The van der Waals surface area contributed by atoms with E-state index in [1.807, 2.05) is 48.5 Å². The van der Waals surface area contributed by atoms with E-state index < -0.39 is 0 Å². The SMILES string of the molecule is [C-]#[N+]c1c(-c2ccccc2)c(C#N)c(-n2c3c(ccc4c5ccccc5sc43)c3cc(-c4ccccc4)c4c5ccccc5sc4c32)c(-c2ccccc2)c1-n1c2ccccc2c2ccc(-c3ccc4oc5ccccc5c4c3)cc21. The van der Waals surface area contributed by atoms with Crippen LogP contribution in [-0.4, -0.2) is 9.13 Å². The summed E-state index contributed by atoms with van der Waals surface area (Å²) in [6, 6.07) is 88.6. The molecule has 12 aromatic carbocycles. The summed E-state index contributed by atoms with van der Waals surface area (Å²) in [5, 5.41) is 23.5. The van der Waals surface area contributed by atoms with Crippen molar-refractivity contribution >= 4 is 134 Å². The number of hydrogen-bond acceptors (Lipinski definition) is 4. The normalized spacial score (nSPS) is 11.9. The molecule has 81 heavy (non-hydrogen) atoms. The minimum atomic E-state index is 0.394. The maximum Gasteiger partial charge on any atom is 0.220 e. The van der Waals surface area contributed by atoms with Crippen molar-refractivity contribution < 1.29 is 4.42 Å². The molecular formula is C74H40N4OS2. The van der Waals surface area contributed by atoms with E-state index in [4.69, 9.17) is 4.42 Å². The molecule has 5 nitrogen and oxygen atoms in total. The summed E-state index contributed by atoms with van der Waals surface area (Å²) in [5.41, 5.74) is 15.3. The zero-order valence-corrected chi connectivity index (χ0v) is 44.7. The Morgan fingerprint density at radius 1 is 0.395 bits per heavy atom. The van der Waals surface area contributed by atoms with Crippen molar-refractivity contribution in [1.82, 2.24) is 9.13 Å². The summed E-state index contributed by atoms with van der Waals surface area (Å²) in [5.74, 6) is 0. The highest BCUT2D eigenvalue weighted by Crippen LogP contribution is 2.56. The molecule has 0 N–H and O–H groups in total. The smallest absolute Gasteiger partial charge is 0.220 e. The number of fused-ring (bicyclic) bond motifs is 17. The Morgan fingerprint density at radius 3 is 1.70 bits per heavy atom. The van der Waals surface area contributed by atoms with Gasteiger partial charge in [-0.3, -0.25) is 0 Å². The van der Waals surface area contributed by atoms with Crippen molar-refractivity contribution in [1.29, 1.82) is 5.26 Å². The lowest BCUT2D eigenvalue weighted by molar-refractivity contribution is 0.669. The lowest BCUT2D eigenvalue weighted by Gasteiger charge is -2.26. The molecule has 0 amide bonds. The maximum absolute atomic E-state index is 12.4. The van der Waals surface area contributed by atoms with Gasteiger partial charge >= 0.3 is 0 Å². The largest absolute Gasteiger partial charge is 0.456 e. The van der Waals surface area contributed by atoms with Crippen molar-refractivity contribution in [2.45, 2.75) is 0 Å². The Labute approximate surface area is 471 Å². The number of nitriles is 1. The van der Waals surface area contributed by atoms with Crippen molar-refractivity contribution in [3.8, 4) is 62.0 Å². The van der Waals surface area contributed by atoms with E-state index in [0.29, 0.717) is 22.5 Å². The third-order valence-electron chi connectivity index (χ3n) is 16.6. The molecule has 17 aromatic rings. The fourth-order valence-electron chi connectivity index (χ4n) is 13.1. The Bertz CT molecular complexity index is 5610. The summed E-state index contributed by atoms with van der Waals surface area (Å²) < 4.78 is 15.7. The molecule has 0 aliphatic carbocycles. The molecule has 0 aliphatic rings. The van der Waals surface area contributed by atoms with Gasteiger partial charge in [-0.25, -0.2) is 4.85 Å². The van der Waals surface area contributed by atoms with Crippen LogP contribution in [0.15, 0.2) is 247 Å². The number of thiophene rings is 2. The molecule has 0 atom stereocenters. The van der Waals surface area contributed by atoms with E-state index in [9.17, 15) is 11.8 Å². The zero-order valence-electron chi connectivity index (χ0n) is 43.1. The van der Waals surface area contributed by atoms with Gasteiger partial charge in [0, 0.05) is 74.4 Å². The van der Waals surface area contributed by atoms with Crippen LogP contribution in [0.2, 0.25) is 0 Å². The highest BCUT2D eigenvalue weighted by Gasteiger charge is 2.34. The molecule has 0 bridgehead atoms. The first-order valence-electron chi connectivity index (χ1n) is 27.0. The highest BCUT2D eigenvalue weighted by atomic mass is 32.1. The Balaban J connectivity index is 1.11. The van der Waals surface area contributed by atoms with E-state index in [2.05, 4.69) is 214 Å².